The summed E-state index contributed by atoms with van der Waals surface area (Å²) >= 11 is 6.66. The molecule has 6 atom stereocenters. The van der Waals surface area contributed by atoms with Crippen LogP contribution in [0, 0.1) is 28.6 Å². The van der Waals surface area contributed by atoms with E-state index in [0.29, 0.717) is 29.4 Å². The van der Waals surface area contributed by atoms with Crippen molar-refractivity contribution in [2.75, 3.05) is 0 Å². The predicted octanol–water partition coefficient (Wildman–Crippen LogP) is 4.35. The van der Waals surface area contributed by atoms with Gasteiger partial charge in [-0.15, -0.1) is 0 Å². The third-order valence-electron chi connectivity index (χ3n) is 8.30. The lowest BCUT2D eigenvalue weighted by Gasteiger charge is -2.57. The Hall–Kier alpha value is -1.19. The molecular weight excluding hydrogens is 348 g/mol. The molecule has 0 radical (unpaired) electrons. The zero-order chi connectivity index (χ0) is 19.1. The van der Waals surface area contributed by atoms with E-state index in [1.165, 1.54) is 6.92 Å². The van der Waals surface area contributed by atoms with Crippen molar-refractivity contribution in [2.24, 2.45) is 28.6 Å². The molecule has 0 saturated heterocycles. The van der Waals surface area contributed by atoms with Crippen LogP contribution in [-0.2, 0) is 9.59 Å². The number of hydrogen-bond donors (Lipinski definition) is 1. The van der Waals surface area contributed by atoms with E-state index < -0.39 is 11.0 Å². The Kier molecular flexibility index (Phi) is 3.79. The van der Waals surface area contributed by atoms with Gasteiger partial charge in [0.15, 0.2) is 11.6 Å². The molecule has 0 aromatic heterocycles. The number of fused-ring (bicyclic) bond motifs is 5. The zero-order valence-electron chi connectivity index (χ0n) is 15.8. The molecule has 0 aromatic carbocycles. The Morgan fingerprint density at radius 1 is 1.27 bits per heavy atom. The largest absolute Gasteiger partial charge is 0.382 e. The molecule has 4 heteroatoms. The van der Waals surface area contributed by atoms with Gasteiger partial charge in [-0.1, -0.05) is 38.1 Å². The van der Waals surface area contributed by atoms with E-state index >= 15 is 0 Å². The first-order valence-corrected chi connectivity index (χ1v) is 9.98. The van der Waals surface area contributed by atoms with E-state index in [9.17, 15) is 14.7 Å². The second-order valence-electron chi connectivity index (χ2n) is 9.34. The summed E-state index contributed by atoms with van der Waals surface area (Å²) < 4.78 is 0. The summed E-state index contributed by atoms with van der Waals surface area (Å²) in [5.74, 6) is 0.671. The summed E-state index contributed by atoms with van der Waals surface area (Å²) in [6, 6.07) is 0. The molecule has 3 nitrogen and oxygen atoms in total. The highest BCUT2D eigenvalue weighted by Crippen LogP contribution is 2.67. The van der Waals surface area contributed by atoms with E-state index in [1.807, 2.05) is 0 Å². The Balaban J connectivity index is 1.81. The summed E-state index contributed by atoms with van der Waals surface area (Å²) in [5.41, 5.74) is -0.235. The van der Waals surface area contributed by atoms with E-state index in [-0.39, 0.29) is 28.8 Å². The molecule has 26 heavy (non-hydrogen) atoms. The van der Waals surface area contributed by atoms with Crippen LogP contribution in [0.15, 0.2) is 34.9 Å². The van der Waals surface area contributed by atoms with Crippen LogP contribution in [0.25, 0.3) is 0 Å². The number of halogens is 1. The molecular formula is C22H27ClO3. The molecule has 0 amide bonds. The molecule has 4 rings (SSSR count). The first kappa shape index (κ1) is 18.2. The number of allylic oxidation sites excluding steroid dienone is 5. The van der Waals surface area contributed by atoms with Gasteiger partial charge >= 0.3 is 0 Å². The third kappa shape index (κ3) is 2.05. The lowest BCUT2D eigenvalue weighted by Crippen LogP contribution is -2.56. The summed E-state index contributed by atoms with van der Waals surface area (Å²) in [4.78, 5) is 24.4. The average Bonchev–Trinajstić information content (AvgIpc) is 2.83. The maximum atomic E-state index is 12.3. The van der Waals surface area contributed by atoms with Crippen LogP contribution in [0.2, 0.25) is 0 Å². The lowest BCUT2D eigenvalue weighted by atomic mass is 9.47. The normalized spacial score (nSPS) is 47.5. The van der Waals surface area contributed by atoms with Crippen molar-refractivity contribution in [2.45, 2.75) is 58.5 Å². The minimum absolute atomic E-state index is 0.0186. The molecule has 4 aliphatic carbocycles. The molecule has 0 aromatic rings. The van der Waals surface area contributed by atoms with Gasteiger partial charge in [0, 0.05) is 15.9 Å². The van der Waals surface area contributed by atoms with Gasteiger partial charge in [-0.3, -0.25) is 9.59 Å². The van der Waals surface area contributed by atoms with Gasteiger partial charge in [0.2, 0.25) is 0 Å². The molecule has 0 unspecified atom stereocenters. The molecule has 2 saturated carbocycles. The van der Waals surface area contributed by atoms with Crippen molar-refractivity contribution in [3.8, 4) is 0 Å². The van der Waals surface area contributed by atoms with Crippen LogP contribution >= 0.6 is 11.6 Å². The molecule has 0 spiro atoms. The van der Waals surface area contributed by atoms with E-state index in [0.717, 1.165) is 24.8 Å². The molecule has 1 N–H and O–H groups in total. The van der Waals surface area contributed by atoms with Crippen LogP contribution < -0.4 is 0 Å². The Morgan fingerprint density at radius 3 is 2.58 bits per heavy atom. The van der Waals surface area contributed by atoms with Gasteiger partial charge in [0.1, 0.15) is 5.60 Å². The zero-order valence-corrected chi connectivity index (χ0v) is 16.5. The minimum Gasteiger partial charge on any atom is -0.382 e. The minimum atomic E-state index is -1.23. The van der Waals surface area contributed by atoms with Crippen LogP contribution in [0.1, 0.15) is 52.9 Å². The van der Waals surface area contributed by atoms with Crippen molar-refractivity contribution in [3.05, 3.63) is 34.9 Å². The average molecular weight is 375 g/mol. The second kappa shape index (κ2) is 5.42. The van der Waals surface area contributed by atoms with Gasteiger partial charge in [0.25, 0.3) is 0 Å². The molecule has 0 bridgehead atoms. The van der Waals surface area contributed by atoms with Crippen LogP contribution in [0.5, 0.6) is 0 Å². The number of Topliss-reactive ketones (excluding diaryl/α,β-unsaturated/α-hetero) is 1. The van der Waals surface area contributed by atoms with Crippen LogP contribution in [0.4, 0.5) is 0 Å². The first-order valence-electron chi connectivity index (χ1n) is 9.60. The summed E-state index contributed by atoms with van der Waals surface area (Å²) in [7, 11) is 0. The fraction of sp³-hybridized carbons (Fsp3) is 0.636. The monoisotopic (exact) mass is 374 g/mol. The molecule has 2 fully saturated rings. The summed E-state index contributed by atoms with van der Waals surface area (Å²) in [6.45, 7) is 9.79. The fourth-order valence-electron chi connectivity index (χ4n) is 6.72. The highest BCUT2D eigenvalue weighted by Gasteiger charge is 2.65. The number of rotatable bonds is 1. The number of ketones is 2. The van der Waals surface area contributed by atoms with Crippen LogP contribution in [-0.4, -0.2) is 22.3 Å². The SMILES string of the molecule is C=C1C[C@@]2(C)C(=CC1=O)C(Cl)=C[C@@H]1[C@@H]2CC[C@@]2(C)[C@H]1CC[C@]2(O)C(C)=O. The quantitative estimate of drug-likeness (QED) is 0.694. The number of carbonyl (C=O) groups is 2. The second-order valence-corrected chi connectivity index (χ2v) is 9.74. The van der Waals surface area contributed by atoms with E-state index in [4.69, 9.17) is 11.6 Å². The number of carbonyl (C=O) groups excluding carboxylic acids is 2. The van der Waals surface area contributed by atoms with Crippen molar-refractivity contribution >= 4 is 23.2 Å². The van der Waals surface area contributed by atoms with Gasteiger partial charge < -0.3 is 5.11 Å². The Morgan fingerprint density at radius 2 is 1.92 bits per heavy atom. The van der Waals surface area contributed by atoms with Crippen molar-refractivity contribution in [1.82, 2.24) is 0 Å². The Bertz CT molecular complexity index is 793. The van der Waals surface area contributed by atoms with Crippen molar-refractivity contribution in [3.63, 3.8) is 0 Å². The van der Waals surface area contributed by atoms with Crippen molar-refractivity contribution in [1.29, 1.82) is 0 Å². The van der Waals surface area contributed by atoms with Crippen LogP contribution in [0.3, 0.4) is 0 Å². The summed E-state index contributed by atoms with van der Waals surface area (Å²) in [6.07, 6.45) is 7.53. The third-order valence-corrected chi connectivity index (χ3v) is 8.63. The fourth-order valence-corrected chi connectivity index (χ4v) is 7.14. The maximum Gasteiger partial charge on any atom is 0.181 e. The number of aliphatic hydroxyl groups is 1. The molecule has 4 aliphatic rings. The number of hydrogen-bond acceptors (Lipinski definition) is 3. The smallest absolute Gasteiger partial charge is 0.181 e. The van der Waals surface area contributed by atoms with Crippen molar-refractivity contribution < 1.29 is 14.7 Å². The van der Waals surface area contributed by atoms with Gasteiger partial charge in [-0.05, 0) is 74.0 Å². The highest BCUT2D eigenvalue weighted by atomic mass is 35.5. The molecule has 140 valence electrons. The Labute approximate surface area is 160 Å². The summed E-state index contributed by atoms with van der Waals surface area (Å²) in [5, 5.41) is 11.8. The predicted molar refractivity (Wildman–Crippen MR) is 102 cm³/mol. The van der Waals surface area contributed by atoms with Gasteiger partial charge in [-0.25, -0.2) is 0 Å². The molecule has 0 aliphatic heterocycles. The van der Waals surface area contributed by atoms with Gasteiger partial charge in [-0.2, -0.15) is 0 Å². The maximum absolute atomic E-state index is 12.3. The van der Waals surface area contributed by atoms with Gasteiger partial charge in [0.05, 0.1) is 0 Å². The van der Waals surface area contributed by atoms with E-state index in [2.05, 4.69) is 26.5 Å². The highest BCUT2D eigenvalue weighted by molar-refractivity contribution is 6.33. The topological polar surface area (TPSA) is 54.4 Å². The first-order chi connectivity index (χ1) is 12.0. The van der Waals surface area contributed by atoms with E-state index in [1.54, 1.807) is 6.08 Å². The standard InChI is InChI=1S/C22H27ClO3/c1-12-11-20(3)15-5-7-21(4)16(6-8-22(21,26)13(2)24)14(15)9-18(23)17(20)10-19(12)25/h9-10,14-16,26H,1,5-8,11H2,2-4H3/t14-,15+,16+,20-,21+,22+/m1/s1. The molecule has 0 heterocycles. The lowest BCUT2D eigenvalue weighted by molar-refractivity contribution is -0.156.